The van der Waals surface area contributed by atoms with Crippen LogP contribution in [0.2, 0.25) is 5.02 Å². The zero-order valence-electron chi connectivity index (χ0n) is 14.1. The molecule has 0 radical (unpaired) electrons. The van der Waals surface area contributed by atoms with Crippen LogP contribution in [0.25, 0.3) is 0 Å². The summed E-state index contributed by atoms with van der Waals surface area (Å²) in [6.07, 6.45) is 6.68. The van der Waals surface area contributed by atoms with Gasteiger partial charge in [0.2, 0.25) is 0 Å². The molecule has 2 amide bonds. The molecule has 0 fully saturated rings. The van der Waals surface area contributed by atoms with Gasteiger partial charge in [-0.2, -0.15) is 0 Å². The lowest BCUT2D eigenvalue weighted by Crippen LogP contribution is -2.31. The molecule has 0 bridgehead atoms. The number of carbonyl (C=O) groups is 2. The molecular weight excluding hydrogens is 352 g/mol. The molecule has 132 valence electrons. The minimum absolute atomic E-state index is 0.218. The number of pyridine rings is 1. The molecule has 5 nitrogen and oxygen atoms in total. The van der Waals surface area contributed by atoms with Crippen LogP contribution >= 0.6 is 11.6 Å². The minimum Gasteiger partial charge on any atom is -0.487 e. The summed E-state index contributed by atoms with van der Waals surface area (Å²) in [5, 5.41) is 0.358. The van der Waals surface area contributed by atoms with Gasteiger partial charge in [-0.25, -0.2) is 4.90 Å². The van der Waals surface area contributed by atoms with Crippen molar-refractivity contribution < 1.29 is 14.3 Å². The number of ether oxygens (including phenoxy) is 1. The maximum absolute atomic E-state index is 12.6. The summed E-state index contributed by atoms with van der Waals surface area (Å²) in [7, 11) is 0. The van der Waals surface area contributed by atoms with Crippen LogP contribution in [0.4, 0.5) is 5.69 Å². The Hall–Kier alpha value is -2.66. The van der Waals surface area contributed by atoms with Crippen LogP contribution in [-0.2, 0) is 16.2 Å². The molecule has 0 saturated carbocycles. The van der Waals surface area contributed by atoms with Gasteiger partial charge in [-0.05, 0) is 49.9 Å². The summed E-state index contributed by atoms with van der Waals surface area (Å²) < 4.78 is 5.72. The molecule has 0 saturated heterocycles. The van der Waals surface area contributed by atoms with Crippen LogP contribution in [0.15, 0.2) is 53.9 Å². The molecule has 1 aromatic heterocycles. The van der Waals surface area contributed by atoms with Gasteiger partial charge in [-0.15, -0.1) is 0 Å². The third-order valence-electron chi connectivity index (χ3n) is 4.68. The van der Waals surface area contributed by atoms with Crippen molar-refractivity contribution in [1.29, 1.82) is 0 Å². The van der Waals surface area contributed by atoms with Gasteiger partial charge in [0, 0.05) is 29.1 Å². The number of amides is 2. The van der Waals surface area contributed by atoms with Crippen molar-refractivity contribution in [2.24, 2.45) is 0 Å². The molecule has 0 atom stereocenters. The molecule has 1 aromatic carbocycles. The zero-order chi connectivity index (χ0) is 18.1. The van der Waals surface area contributed by atoms with Crippen molar-refractivity contribution in [3.8, 4) is 5.75 Å². The Labute approximate surface area is 156 Å². The first-order valence-electron chi connectivity index (χ1n) is 8.57. The second-order valence-electron chi connectivity index (χ2n) is 6.37. The average Bonchev–Trinajstić information content (AvgIpc) is 2.93. The van der Waals surface area contributed by atoms with E-state index >= 15 is 0 Å². The van der Waals surface area contributed by atoms with Crippen LogP contribution < -0.4 is 9.64 Å². The molecule has 0 spiro atoms. The second-order valence-corrected chi connectivity index (χ2v) is 6.78. The summed E-state index contributed by atoms with van der Waals surface area (Å²) in [4.78, 5) is 30.5. The summed E-state index contributed by atoms with van der Waals surface area (Å²) in [6, 6.07) is 8.73. The number of anilines is 1. The molecule has 1 aliphatic heterocycles. The zero-order valence-corrected chi connectivity index (χ0v) is 14.8. The van der Waals surface area contributed by atoms with Gasteiger partial charge in [0.15, 0.2) is 0 Å². The number of aromatic nitrogens is 1. The Morgan fingerprint density at radius 2 is 1.81 bits per heavy atom. The molecule has 26 heavy (non-hydrogen) atoms. The fourth-order valence-electron chi connectivity index (χ4n) is 3.36. The first kappa shape index (κ1) is 16.8. The fraction of sp³-hybridized carbons (Fsp3) is 0.250. The highest BCUT2D eigenvalue weighted by molar-refractivity contribution is 6.35. The SMILES string of the molecule is O=C1C2=C(CCCC2)C(=O)N1c1ccc(OCc2cccnc2)c(Cl)c1. The lowest BCUT2D eigenvalue weighted by atomic mass is 9.93. The van der Waals surface area contributed by atoms with E-state index in [1.807, 2.05) is 12.1 Å². The van der Waals surface area contributed by atoms with E-state index in [9.17, 15) is 9.59 Å². The number of rotatable bonds is 4. The number of hydrogen-bond donors (Lipinski definition) is 0. The van der Waals surface area contributed by atoms with Crippen LogP contribution in [0.3, 0.4) is 0 Å². The smallest absolute Gasteiger partial charge is 0.261 e. The molecule has 0 N–H and O–H groups in total. The summed E-state index contributed by atoms with van der Waals surface area (Å²) >= 11 is 6.32. The summed E-state index contributed by atoms with van der Waals surface area (Å²) in [5.74, 6) is 0.0608. The average molecular weight is 369 g/mol. The molecule has 2 heterocycles. The van der Waals surface area contributed by atoms with Gasteiger partial charge < -0.3 is 4.74 Å². The van der Waals surface area contributed by atoms with Gasteiger partial charge in [0.1, 0.15) is 12.4 Å². The Kier molecular flexibility index (Phi) is 4.47. The van der Waals surface area contributed by atoms with Gasteiger partial charge in [0.25, 0.3) is 11.8 Å². The molecule has 6 heteroatoms. The van der Waals surface area contributed by atoms with Crippen molar-refractivity contribution in [3.05, 3.63) is 64.5 Å². The molecular formula is C20H17ClN2O3. The second kappa shape index (κ2) is 6.92. The number of nitrogens with zero attached hydrogens (tertiary/aromatic N) is 2. The van der Waals surface area contributed by atoms with E-state index in [0.29, 0.717) is 47.1 Å². The quantitative estimate of drug-likeness (QED) is 0.763. The molecule has 2 aliphatic rings. The largest absolute Gasteiger partial charge is 0.487 e. The van der Waals surface area contributed by atoms with Crippen molar-refractivity contribution in [2.75, 3.05) is 4.90 Å². The summed E-state index contributed by atoms with van der Waals surface area (Å²) in [5.41, 5.74) is 2.73. The first-order valence-corrected chi connectivity index (χ1v) is 8.95. The lowest BCUT2D eigenvalue weighted by molar-refractivity contribution is -0.120. The van der Waals surface area contributed by atoms with Crippen LogP contribution in [-0.4, -0.2) is 16.8 Å². The number of hydrogen-bond acceptors (Lipinski definition) is 4. The normalized spacial score (nSPS) is 16.9. The van der Waals surface area contributed by atoms with E-state index in [1.165, 1.54) is 4.90 Å². The lowest BCUT2D eigenvalue weighted by Gasteiger charge is -2.17. The standard InChI is InChI=1S/C20H17ClN2O3/c21-17-10-14(7-8-18(17)26-12-13-4-3-9-22-11-13)23-19(24)15-5-1-2-6-16(15)20(23)25/h3-4,7-11H,1-2,5-6,12H2. The van der Waals surface area contributed by atoms with Crippen LogP contribution in [0.1, 0.15) is 31.2 Å². The highest BCUT2D eigenvalue weighted by atomic mass is 35.5. The Morgan fingerprint density at radius 3 is 2.42 bits per heavy atom. The topological polar surface area (TPSA) is 59.5 Å². The highest BCUT2D eigenvalue weighted by Gasteiger charge is 2.39. The van der Waals surface area contributed by atoms with E-state index in [1.54, 1.807) is 30.6 Å². The maximum atomic E-state index is 12.6. The van der Waals surface area contributed by atoms with Crippen molar-refractivity contribution in [3.63, 3.8) is 0 Å². The Bertz CT molecular complexity index is 881. The maximum Gasteiger partial charge on any atom is 0.261 e. The van der Waals surface area contributed by atoms with Crippen molar-refractivity contribution in [2.45, 2.75) is 32.3 Å². The third-order valence-corrected chi connectivity index (χ3v) is 4.98. The molecule has 0 unspecified atom stereocenters. The Morgan fingerprint density at radius 1 is 1.08 bits per heavy atom. The molecule has 1 aliphatic carbocycles. The van der Waals surface area contributed by atoms with Gasteiger partial charge in [-0.1, -0.05) is 17.7 Å². The third kappa shape index (κ3) is 2.99. The number of benzene rings is 1. The predicted molar refractivity (Wildman–Crippen MR) is 98.0 cm³/mol. The van der Waals surface area contributed by atoms with Crippen molar-refractivity contribution in [1.82, 2.24) is 4.98 Å². The number of carbonyl (C=O) groups excluding carboxylic acids is 2. The highest BCUT2D eigenvalue weighted by Crippen LogP contribution is 2.37. The fourth-order valence-corrected chi connectivity index (χ4v) is 3.59. The van der Waals surface area contributed by atoms with E-state index < -0.39 is 0 Å². The van der Waals surface area contributed by atoms with E-state index in [0.717, 1.165) is 18.4 Å². The summed E-state index contributed by atoms with van der Waals surface area (Å²) in [6.45, 7) is 0.338. The molecule has 4 rings (SSSR count). The van der Waals surface area contributed by atoms with E-state index in [-0.39, 0.29) is 11.8 Å². The predicted octanol–water partition coefficient (Wildman–Crippen LogP) is 4.06. The Balaban J connectivity index is 1.53. The van der Waals surface area contributed by atoms with E-state index in [2.05, 4.69) is 4.98 Å². The number of halogens is 1. The monoisotopic (exact) mass is 368 g/mol. The van der Waals surface area contributed by atoms with Gasteiger partial charge in [0.05, 0.1) is 10.7 Å². The van der Waals surface area contributed by atoms with Crippen LogP contribution in [0, 0.1) is 0 Å². The van der Waals surface area contributed by atoms with Crippen LogP contribution in [0.5, 0.6) is 5.75 Å². The first-order chi connectivity index (χ1) is 12.6. The molecule has 2 aromatic rings. The van der Waals surface area contributed by atoms with Gasteiger partial charge in [-0.3, -0.25) is 14.6 Å². The minimum atomic E-state index is -0.218. The number of imide groups is 1. The van der Waals surface area contributed by atoms with E-state index in [4.69, 9.17) is 16.3 Å². The van der Waals surface area contributed by atoms with Crippen molar-refractivity contribution >= 4 is 29.1 Å². The van der Waals surface area contributed by atoms with Gasteiger partial charge >= 0.3 is 0 Å².